The van der Waals surface area contributed by atoms with Crippen molar-refractivity contribution in [1.82, 2.24) is 15.4 Å². The number of methoxy groups -OCH3 is 1. The Morgan fingerprint density at radius 1 is 1.50 bits per heavy atom. The molecule has 1 unspecified atom stereocenters. The highest BCUT2D eigenvalue weighted by Gasteiger charge is 2.22. The Labute approximate surface area is 120 Å². The molecule has 1 atom stereocenters. The van der Waals surface area contributed by atoms with Crippen molar-refractivity contribution in [2.45, 2.75) is 33.7 Å². The van der Waals surface area contributed by atoms with Gasteiger partial charge in [-0.3, -0.25) is 4.79 Å². The summed E-state index contributed by atoms with van der Waals surface area (Å²) in [5.41, 5.74) is 0.901. The van der Waals surface area contributed by atoms with Gasteiger partial charge in [-0.25, -0.2) is 0 Å². The van der Waals surface area contributed by atoms with Crippen LogP contribution in [0.3, 0.4) is 0 Å². The van der Waals surface area contributed by atoms with Crippen molar-refractivity contribution in [1.29, 1.82) is 0 Å². The van der Waals surface area contributed by atoms with E-state index in [1.54, 1.807) is 6.92 Å². The van der Waals surface area contributed by atoms with Crippen LogP contribution in [-0.2, 0) is 0 Å². The van der Waals surface area contributed by atoms with E-state index < -0.39 is 0 Å². The molecule has 1 aromatic rings. The minimum absolute atomic E-state index is 0.232. The number of hydrogen-bond donors (Lipinski definition) is 1. The summed E-state index contributed by atoms with van der Waals surface area (Å²) >= 11 is 0. The van der Waals surface area contributed by atoms with Gasteiger partial charge in [0.15, 0.2) is 5.69 Å². The highest BCUT2D eigenvalue weighted by atomic mass is 16.6. The van der Waals surface area contributed by atoms with E-state index in [-0.39, 0.29) is 23.6 Å². The van der Waals surface area contributed by atoms with Gasteiger partial charge in [-0.1, -0.05) is 25.9 Å². The maximum Gasteiger partial charge on any atom is 0.314 e. The molecule has 6 nitrogen and oxygen atoms in total. The van der Waals surface area contributed by atoms with Crippen molar-refractivity contribution in [3.8, 4) is 5.95 Å². The number of likely N-dealkylation sites (N-methyl/N-ethyl adjacent to an activating group) is 1. The molecule has 20 heavy (non-hydrogen) atoms. The molecule has 0 saturated carbocycles. The van der Waals surface area contributed by atoms with Gasteiger partial charge >= 0.3 is 5.95 Å². The van der Waals surface area contributed by atoms with E-state index in [2.05, 4.69) is 43.2 Å². The van der Waals surface area contributed by atoms with Crippen LogP contribution in [0.4, 0.5) is 0 Å². The maximum absolute atomic E-state index is 12.1. The van der Waals surface area contributed by atoms with E-state index in [4.69, 9.17) is 9.26 Å². The SMILES string of the molecule is CCN(C)C(CNC(=O)c1noc(OC)c1C)C(C)C. The molecular weight excluding hydrogens is 258 g/mol. The standard InChI is InChI=1S/C14H25N3O3/c1-7-17(5)11(9(2)3)8-15-13(18)12-10(4)14(19-6)20-16-12/h9,11H,7-8H2,1-6H3,(H,15,18). The van der Waals surface area contributed by atoms with Crippen LogP contribution in [-0.4, -0.2) is 49.3 Å². The lowest BCUT2D eigenvalue weighted by Gasteiger charge is -2.30. The van der Waals surface area contributed by atoms with E-state index in [1.165, 1.54) is 7.11 Å². The molecule has 0 radical (unpaired) electrons. The molecule has 1 amide bonds. The number of nitrogens with zero attached hydrogens (tertiary/aromatic N) is 2. The van der Waals surface area contributed by atoms with Gasteiger partial charge in [0.05, 0.1) is 12.7 Å². The van der Waals surface area contributed by atoms with Gasteiger partial charge in [0.1, 0.15) is 0 Å². The summed E-state index contributed by atoms with van der Waals surface area (Å²) in [7, 11) is 3.54. The topological polar surface area (TPSA) is 67.6 Å². The van der Waals surface area contributed by atoms with Crippen LogP contribution in [0.1, 0.15) is 36.8 Å². The summed E-state index contributed by atoms with van der Waals surface area (Å²) in [5.74, 6) is 0.499. The van der Waals surface area contributed by atoms with Crippen molar-refractivity contribution >= 4 is 5.91 Å². The second-order valence-electron chi connectivity index (χ2n) is 5.24. The lowest BCUT2D eigenvalue weighted by atomic mass is 10.0. The molecule has 0 bridgehead atoms. The van der Waals surface area contributed by atoms with Gasteiger partial charge in [-0.2, -0.15) is 0 Å². The van der Waals surface area contributed by atoms with Crippen LogP contribution in [0.25, 0.3) is 0 Å². The Bertz CT molecular complexity index is 443. The Morgan fingerprint density at radius 3 is 2.60 bits per heavy atom. The number of amides is 1. The average molecular weight is 283 g/mol. The molecule has 0 aromatic carbocycles. The van der Waals surface area contributed by atoms with E-state index in [0.29, 0.717) is 18.0 Å². The highest BCUT2D eigenvalue weighted by molar-refractivity contribution is 5.93. The lowest BCUT2D eigenvalue weighted by molar-refractivity contribution is 0.0920. The number of carbonyl (C=O) groups is 1. The van der Waals surface area contributed by atoms with Crippen molar-refractivity contribution in [2.24, 2.45) is 5.92 Å². The maximum atomic E-state index is 12.1. The molecule has 0 aliphatic rings. The zero-order chi connectivity index (χ0) is 15.3. The fourth-order valence-corrected chi connectivity index (χ4v) is 2.14. The molecule has 0 fully saturated rings. The summed E-state index contributed by atoms with van der Waals surface area (Å²) in [6, 6.07) is 0.290. The molecule has 1 heterocycles. The van der Waals surface area contributed by atoms with E-state index in [1.807, 2.05) is 0 Å². The van der Waals surface area contributed by atoms with Gasteiger partial charge < -0.3 is 19.5 Å². The summed E-state index contributed by atoms with van der Waals surface area (Å²) in [5, 5.41) is 6.66. The van der Waals surface area contributed by atoms with Crippen LogP contribution >= 0.6 is 0 Å². The number of nitrogens with one attached hydrogen (secondary N) is 1. The number of carbonyl (C=O) groups excluding carboxylic acids is 1. The molecule has 6 heteroatoms. The predicted molar refractivity (Wildman–Crippen MR) is 77.1 cm³/mol. The van der Waals surface area contributed by atoms with E-state index in [0.717, 1.165) is 6.54 Å². The molecule has 1 rings (SSSR count). The first-order valence-electron chi connectivity index (χ1n) is 6.91. The van der Waals surface area contributed by atoms with E-state index in [9.17, 15) is 4.79 Å². The second kappa shape index (κ2) is 7.28. The number of hydrogen-bond acceptors (Lipinski definition) is 5. The smallest absolute Gasteiger partial charge is 0.314 e. The minimum Gasteiger partial charge on any atom is -0.467 e. The van der Waals surface area contributed by atoms with Gasteiger partial charge in [-0.05, 0) is 26.4 Å². The molecule has 0 saturated heterocycles. The fraction of sp³-hybridized carbons (Fsp3) is 0.714. The van der Waals surface area contributed by atoms with Gasteiger partial charge in [-0.15, -0.1) is 0 Å². The highest BCUT2D eigenvalue weighted by Crippen LogP contribution is 2.20. The van der Waals surface area contributed by atoms with Crippen molar-refractivity contribution in [3.05, 3.63) is 11.3 Å². The fourth-order valence-electron chi connectivity index (χ4n) is 2.14. The van der Waals surface area contributed by atoms with Crippen LogP contribution in [0.5, 0.6) is 5.95 Å². The number of ether oxygens (including phenoxy) is 1. The Hall–Kier alpha value is -1.56. The Balaban J connectivity index is 2.68. The Morgan fingerprint density at radius 2 is 2.15 bits per heavy atom. The average Bonchev–Trinajstić information content (AvgIpc) is 2.79. The molecule has 0 aliphatic heterocycles. The molecule has 114 valence electrons. The molecule has 0 aliphatic carbocycles. The molecular formula is C14H25N3O3. The van der Waals surface area contributed by atoms with Gasteiger partial charge in [0.25, 0.3) is 5.91 Å². The Kier molecular flexibility index (Phi) is 6.01. The third-order valence-electron chi connectivity index (χ3n) is 3.59. The quantitative estimate of drug-likeness (QED) is 0.825. The largest absolute Gasteiger partial charge is 0.467 e. The van der Waals surface area contributed by atoms with Crippen LogP contribution in [0.2, 0.25) is 0 Å². The lowest BCUT2D eigenvalue weighted by Crippen LogP contribution is -2.45. The zero-order valence-corrected chi connectivity index (χ0v) is 13.2. The number of aromatic nitrogens is 1. The third kappa shape index (κ3) is 3.72. The van der Waals surface area contributed by atoms with Crippen LogP contribution in [0, 0.1) is 12.8 Å². The molecule has 0 spiro atoms. The zero-order valence-electron chi connectivity index (χ0n) is 13.2. The normalized spacial score (nSPS) is 12.8. The summed E-state index contributed by atoms with van der Waals surface area (Å²) < 4.78 is 9.92. The van der Waals surface area contributed by atoms with Crippen LogP contribution < -0.4 is 10.1 Å². The first-order chi connectivity index (χ1) is 9.42. The third-order valence-corrected chi connectivity index (χ3v) is 3.59. The van der Waals surface area contributed by atoms with Gasteiger partial charge in [0.2, 0.25) is 0 Å². The second-order valence-corrected chi connectivity index (χ2v) is 5.24. The van der Waals surface area contributed by atoms with Crippen molar-refractivity contribution in [2.75, 3.05) is 27.2 Å². The minimum atomic E-state index is -0.232. The van der Waals surface area contributed by atoms with Crippen molar-refractivity contribution in [3.63, 3.8) is 0 Å². The van der Waals surface area contributed by atoms with Crippen molar-refractivity contribution < 1.29 is 14.1 Å². The first kappa shape index (κ1) is 16.5. The summed E-state index contributed by atoms with van der Waals surface area (Å²) in [6.45, 7) is 9.66. The number of rotatable bonds is 7. The van der Waals surface area contributed by atoms with E-state index >= 15 is 0 Å². The molecule has 1 N–H and O–H groups in total. The summed E-state index contributed by atoms with van der Waals surface area (Å²) in [4.78, 5) is 14.3. The van der Waals surface area contributed by atoms with Gasteiger partial charge in [0, 0.05) is 12.6 Å². The monoisotopic (exact) mass is 283 g/mol. The first-order valence-corrected chi connectivity index (χ1v) is 6.91. The predicted octanol–water partition coefficient (Wildman–Crippen LogP) is 1.70. The molecule has 1 aromatic heterocycles. The summed E-state index contributed by atoms with van der Waals surface area (Å²) in [6.07, 6.45) is 0. The van der Waals surface area contributed by atoms with Crippen LogP contribution in [0.15, 0.2) is 4.52 Å².